The molecule has 47 heavy (non-hydrogen) atoms. The first-order valence-corrected chi connectivity index (χ1v) is 17.5. The average Bonchev–Trinajstić information content (AvgIpc) is 3.32. The molecule has 7 aliphatic rings. The van der Waals surface area contributed by atoms with E-state index < -0.39 is 39.6 Å². The lowest BCUT2D eigenvalue weighted by atomic mass is 9.32. The number of anilines is 1. The molecule has 0 radical (unpaired) electrons. The zero-order valence-corrected chi connectivity index (χ0v) is 27.4. The molecular weight excluding hydrogens is 598 g/mol. The predicted molar refractivity (Wildman–Crippen MR) is 176 cm³/mol. The number of phenolic OH excluding ortho intramolecular Hbond substituents is 1. The fourth-order valence-corrected chi connectivity index (χ4v) is 11.6. The quantitative estimate of drug-likeness (QED) is 0.263. The third kappa shape index (κ3) is 4.20. The van der Waals surface area contributed by atoms with E-state index in [1.165, 1.54) is 6.07 Å². The highest BCUT2D eigenvalue weighted by Crippen LogP contribution is 2.78. The van der Waals surface area contributed by atoms with Crippen LogP contribution in [0, 0.1) is 45.1 Å². The second-order valence-electron chi connectivity index (χ2n) is 16.0. The molecule has 2 aromatic rings. The van der Waals surface area contributed by atoms with Crippen molar-refractivity contribution < 1.29 is 28.9 Å². The summed E-state index contributed by atoms with van der Waals surface area (Å²) in [4.78, 5) is 19.1. The summed E-state index contributed by atoms with van der Waals surface area (Å²) in [5, 5.41) is 34.0. The van der Waals surface area contributed by atoms with Gasteiger partial charge in [-0.2, -0.15) is 0 Å². The monoisotopic (exact) mass is 644 g/mol. The molecule has 0 amide bonds. The van der Waals surface area contributed by atoms with Gasteiger partial charge in [-0.25, -0.2) is 8.78 Å². The summed E-state index contributed by atoms with van der Waals surface area (Å²) in [7, 11) is 0. The molecule has 4 fully saturated rings. The minimum absolute atomic E-state index is 0.0139. The first-order valence-electron chi connectivity index (χ1n) is 17.5. The van der Waals surface area contributed by atoms with Crippen LogP contribution in [0.25, 0.3) is 0 Å². The zero-order valence-electron chi connectivity index (χ0n) is 27.4. The maximum atomic E-state index is 14.6. The number of piperazine rings is 1. The van der Waals surface area contributed by atoms with Crippen molar-refractivity contribution in [2.24, 2.45) is 33.5 Å². The van der Waals surface area contributed by atoms with Crippen molar-refractivity contribution in [3.63, 3.8) is 0 Å². The van der Waals surface area contributed by atoms with Gasteiger partial charge in [-0.05, 0) is 92.5 Å². The molecule has 2 bridgehead atoms. The normalized spacial score (nSPS) is 40.9. The van der Waals surface area contributed by atoms with Crippen LogP contribution in [0.15, 0.2) is 66.3 Å². The molecule has 3 N–H and O–H groups in total. The number of Topliss-reactive ketones (excluding diaryl/α,β-unsaturated/α-hetero) is 1. The molecule has 250 valence electrons. The number of ketones is 1. The summed E-state index contributed by atoms with van der Waals surface area (Å²) in [6, 6.07) is 10.8. The number of carbonyl (C=O) groups excluding carboxylic acids is 1. The van der Waals surface area contributed by atoms with E-state index in [1.807, 2.05) is 18.2 Å². The maximum absolute atomic E-state index is 14.6. The van der Waals surface area contributed by atoms with E-state index in [4.69, 9.17) is 0 Å². The number of phenols is 1. The molecule has 8 unspecified atom stereocenters. The number of aromatic hydroxyl groups is 1. The van der Waals surface area contributed by atoms with Gasteiger partial charge in [0.2, 0.25) is 0 Å². The highest BCUT2D eigenvalue weighted by molar-refractivity contribution is 6.10. The molecule has 8 atom stereocenters. The highest BCUT2D eigenvalue weighted by Gasteiger charge is 2.74. The van der Waals surface area contributed by atoms with Gasteiger partial charge in [0, 0.05) is 60.1 Å². The van der Waals surface area contributed by atoms with E-state index in [0.717, 1.165) is 76.1 Å². The second-order valence-corrected chi connectivity index (χ2v) is 16.0. The van der Waals surface area contributed by atoms with Crippen LogP contribution < -0.4 is 4.90 Å². The van der Waals surface area contributed by atoms with Crippen molar-refractivity contribution in [3.8, 4) is 5.75 Å². The van der Waals surface area contributed by atoms with Crippen LogP contribution >= 0.6 is 0 Å². The molecule has 1 saturated heterocycles. The van der Waals surface area contributed by atoms with E-state index in [-0.39, 0.29) is 34.3 Å². The highest BCUT2D eigenvalue weighted by atomic mass is 19.2. The Morgan fingerprint density at radius 1 is 0.894 bits per heavy atom. The molecule has 2 aromatic carbocycles. The lowest BCUT2D eigenvalue weighted by Gasteiger charge is -2.71. The number of halogens is 2. The minimum atomic E-state index is -1.04. The molecule has 3 saturated carbocycles. The number of rotatable bonds is 5. The summed E-state index contributed by atoms with van der Waals surface area (Å²) in [6.07, 6.45) is 11.3. The van der Waals surface area contributed by atoms with Crippen molar-refractivity contribution in [3.05, 3.63) is 83.5 Å². The zero-order chi connectivity index (χ0) is 33.0. The van der Waals surface area contributed by atoms with E-state index >= 15 is 0 Å². The Hall–Kier alpha value is -3.07. The fraction of sp³-hybridized carbons (Fsp3) is 0.564. The number of β-amino-alcohol motifs (C(OH)–C–C–N with tert-alkyl or cyclic N) is 1. The van der Waals surface area contributed by atoms with Gasteiger partial charge in [-0.3, -0.25) is 9.69 Å². The van der Waals surface area contributed by atoms with Crippen molar-refractivity contribution >= 4 is 11.5 Å². The number of aliphatic hydroxyl groups excluding tert-OH is 1. The fourth-order valence-electron chi connectivity index (χ4n) is 11.6. The van der Waals surface area contributed by atoms with Crippen molar-refractivity contribution in [1.29, 1.82) is 0 Å². The third-order valence-electron chi connectivity index (χ3n) is 14.2. The largest absolute Gasteiger partial charge is 0.506 e. The van der Waals surface area contributed by atoms with Gasteiger partial charge in [-0.15, -0.1) is 0 Å². The van der Waals surface area contributed by atoms with Gasteiger partial charge < -0.3 is 20.2 Å². The number of hydrogen-bond acceptors (Lipinski definition) is 6. The summed E-state index contributed by atoms with van der Waals surface area (Å²) < 4.78 is 28.5. The Morgan fingerprint density at radius 3 is 2.34 bits per heavy atom. The lowest BCUT2D eigenvalue weighted by Crippen LogP contribution is -2.67. The number of fused-ring (bicyclic) bond motifs is 1. The van der Waals surface area contributed by atoms with Crippen molar-refractivity contribution in [1.82, 2.24) is 4.90 Å². The number of allylic oxidation sites excluding steroid dienone is 4. The number of carbonyl (C=O) groups is 1. The van der Waals surface area contributed by atoms with E-state index in [2.05, 4.69) is 41.9 Å². The van der Waals surface area contributed by atoms with Crippen molar-refractivity contribution in [2.45, 2.75) is 70.5 Å². The Kier molecular flexibility index (Phi) is 6.95. The Balaban J connectivity index is 1.14. The molecule has 1 aliphatic heterocycles. The lowest BCUT2D eigenvalue weighted by molar-refractivity contribution is -0.176. The molecule has 8 heteroatoms. The second kappa shape index (κ2) is 10.5. The molecule has 0 aromatic heterocycles. The SMILES string of the molecule is CC12CCC(O)CC13C=CC1(C(C(=O)c4ccc(F)c(F)c4)=C3)C2CCC2(C)C1CCC2(O)CN1CCN(c2ccccc2O)CC1. The van der Waals surface area contributed by atoms with E-state index in [9.17, 15) is 28.9 Å². The van der Waals surface area contributed by atoms with Gasteiger partial charge in [0.1, 0.15) is 5.75 Å². The number of benzene rings is 2. The summed E-state index contributed by atoms with van der Waals surface area (Å²) in [5.41, 5.74) is -1.13. The molecule has 9 rings (SSSR count). The number of para-hydroxylation sites is 2. The van der Waals surface area contributed by atoms with E-state index in [1.54, 1.807) is 6.07 Å². The Bertz CT molecular complexity index is 1690. The maximum Gasteiger partial charge on any atom is 0.189 e. The molecule has 6 aliphatic carbocycles. The average molecular weight is 645 g/mol. The van der Waals surface area contributed by atoms with Gasteiger partial charge in [0.05, 0.1) is 17.4 Å². The van der Waals surface area contributed by atoms with Crippen LogP contribution in [0.2, 0.25) is 0 Å². The third-order valence-corrected chi connectivity index (χ3v) is 14.2. The summed E-state index contributed by atoms with van der Waals surface area (Å²) in [6.45, 7) is 8.16. The first kappa shape index (κ1) is 31.2. The number of hydrogen-bond donors (Lipinski definition) is 3. The van der Waals surface area contributed by atoms with Crippen LogP contribution in [0.3, 0.4) is 0 Å². The van der Waals surface area contributed by atoms with E-state index in [0.29, 0.717) is 25.0 Å². The predicted octanol–water partition coefficient (Wildman–Crippen LogP) is 6.27. The van der Waals surface area contributed by atoms with Crippen molar-refractivity contribution in [2.75, 3.05) is 37.6 Å². The summed E-state index contributed by atoms with van der Waals surface area (Å²) >= 11 is 0. The Labute approximate surface area is 275 Å². The van der Waals surface area contributed by atoms with Gasteiger partial charge >= 0.3 is 0 Å². The summed E-state index contributed by atoms with van der Waals surface area (Å²) in [5.74, 6) is -1.90. The molecule has 6 nitrogen and oxygen atoms in total. The van der Waals surface area contributed by atoms with Crippen LogP contribution in [0.5, 0.6) is 5.75 Å². The van der Waals surface area contributed by atoms with Crippen LogP contribution in [0.1, 0.15) is 69.2 Å². The van der Waals surface area contributed by atoms with Gasteiger partial charge in [-0.1, -0.05) is 44.2 Å². The molecular formula is C39H46F2N2O4. The van der Waals surface area contributed by atoms with Crippen LogP contribution in [-0.2, 0) is 0 Å². The Morgan fingerprint density at radius 2 is 1.60 bits per heavy atom. The standard InChI is InChI=1S/C39H46F2N2O4/c1-35-12-9-26(44)22-37(35)15-16-39(27(23-37)34(46)25-7-8-28(40)29(41)21-25)32(35)10-13-36(2)33(39)11-14-38(36,47)24-42-17-19-43(20-18-42)30-5-3-4-6-31(30)45/h3-8,15-16,21,23,26,32-33,44-45,47H,9-14,17-20,22,24H2,1-2H3. The van der Waals surface area contributed by atoms with Gasteiger partial charge in [0.25, 0.3) is 0 Å². The molecule has 1 heterocycles. The number of nitrogens with zero attached hydrogens (tertiary/aromatic N) is 2. The number of aliphatic hydroxyl groups is 2. The van der Waals surface area contributed by atoms with Crippen LogP contribution in [-0.4, -0.2) is 70.4 Å². The molecule has 2 spiro atoms. The van der Waals surface area contributed by atoms with Crippen LogP contribution in [0.4, 0.5) is 14.5 Å². The smallest absolute Gasteiger partial charge is 0.189 e. The topological polar surface area (TPSA) is 84.2 Å². The van der Waals surface area contributed by atoms with Gasteiger partial charge in [0.15, 0.2) is 17.4 Å². The minimum Gasteiger partial charge on any atom is -0.506 e. The first-order chi connectivity index (χ1) is 22.4.